The molecule has 6 nitrogen and oxygen atoms in total. The summed E-state index contributed by atoms with van der Waals surface area (Å²) in [6, 6.07) is 15.7. The van der Waals surface area contributed by atoms with Crippen molar-refractivity contribution in [3.63, 3.8) is 0 Å². The van der Waals surface area contributed by atoms with E-state index in [-0.39, 0.29) is 30.6 Å². The predicted octanol–water partition coefficient (Wildman–Crippen LogP) is 4.94. The Kier molecular flexibility index (Phi) is 5.52. The maximum atomic E-state index is 13.6. The molecule has 33 heavy (non-hydrogen) atoms. The topological polar surface area (TPSA) is 74.2 Å². The quantitative estimate of drug-likeness (QED) is 0.623. The molecule has 0 saturated carbocycles. The van der Waals surface area contributed by atoms with E-state index in [4.69, 9.17) is 19.2 Å². The fourth-order valence-electron chi connectivity index (χ4n) is 5.10. The lowest BCUT2D eigenvalue weighted by molar-refractivity contribution is -0.150. The van der Waals surface area contributed by atoms with Gasteiger partial charge in [-0.2, -0.15) is 0 Å². The van der Waals surface area contributed by atoms with Crippen LogP contribution in [0.25, 0.3) is 0 Å². The second-order valence-corrected chi connectivity index (χ2v) is 9.11. The number of allylic oxidation sites excluding steroid dienone is 2. The highest BCUT2D eigenvalue weighted by molar-refractivity contribution is 6.09. The van der Waals surface area contributed by atoms with Crippen molar-refractivity contribution in [3.05, 3.63) is 70.9 Å². The average molecular weight is 446 g/mol. The SMILES string of the molecule is CC1=NC2=C(C(=O)C[C@@H](c3ccccc3)C2)[C@@H](c2ccc3c(c2)OCO3)C1C(=O)OC(C)C. The van der Waals surface area contributed by atoms with E-state index in [0.717, 1.165) is 16.8 Å². The largest absolute Gasteiger partial charge is 0.462 e. The van der Waals surface area contributed by atoms with Crippen LogP contribution in [0.1, 0.15) is 56.6 Å². The molecule has 0 aromatic heterocycles. The number of hydrogen-bond donors (Lipinski definition) is 0. The number of rotatable bonds is 4. The van der Waals surface area contributed by atoms with Crippen molar-refractivity contribution in [2.24, 2.45) is 10.9 Å². The molecular weight excluding hydrogens is 418 g/mol. The number of hydrogen-bond acceptors (Lipinski definition) is 6. The molecule has 0 amide bonds. The zero-order chi connectivity index (χ0) is 23.1. The number of esters is 1. The summed E-state index contributed by atoms with van der Waals surface area (Å²) in [5.41, 5.74) is 4.03. The van der Waals surface area contributed by atoms with Gasteiger partial charge < -0.3 is 14.2 Å². The first-order chi connectivity index (χ1) is 15.9. The molecule has 3 aliphatic rings. The van der Waals surface area contributed by atoms with Gasteiger partial charge in [-0.25, -0.2) is 0 Å². The van der Waals surface area contributed by atoms with E-state index in [2.05, 4.69) is 12.1 Å². The molecule has 3 atom stereocenters. The number of ketones is 1. The van der Waals surface area contributed by atoms with Crippen LogP contribution in [0.2, 0.25) is 0 Å². The van der Waals surface area contributed by atoms with Gasteiger partial charge in [0.15, 0.2) is 17.3 Å². The predicted molar refractivity (Wildman–Crippen MR) is 124 cm³/mol. The van der Waals surface area contributed by atoms with E-state index < -0.39 is 11.8 Å². The molecule has 6 heteroatoms. The van der Waals surface area contributed by atoms with Gasteiger partial charge in [-0.3, -0.25) is 14.6 Å². The van der Waals surface area contributed by atoms with Gasteiger partial charge in [0.25, 0.3) is 0 Å². The molecule has 1 aliphatic carbocycles. The summed E-state index contributed by atoms with van der Waals surface area (Å²) in [4.78, 5) is 31.6. The first kappa shape index (κ1) is 21.4. The lowest BCUT2D eigenvalue weighted by atomic mass is 9.69. The third-order valence-corrected chi connectivity index (χ3v) is 6.52. The van der Waals surface area contributed by atoms with E-state index in [9.17, 15) is 9.59 Å². The minimum absolute atomic E-state index is 0.0337. The summed E-state index contributed by atoms with van der Waals surface area (Å²) < 4.78 is 16.6. The van der Waals surface area contributed by atoms with Gasteiger partial charge in [0, 0.05) is 29.3 Å². The second kappa shape index (κ2) is 8.50. The molecule has 0 saturated heterocycles. The summed E-state index contributed by atoms with van der Waals surface area (Å²) in [5.74, 6) is -0.104. The fraction of sp³-hybridized carbons (Fsp3) is 0.370. The average Bonchev–Trinajstić information content (AvgIpc) is 3.26. The monoisotopic (exact) mass is 445 g/mol. The highest BCUT2D eigenvalue weighted by Crippen LogP contribution is 2.48. The molecule has 0 radical (unpaired) electrons. The number of benzene rings is 2. The number of carbonyl (C=O) groups excluding carboxylic acids is 2. The number of ether oxygens (including phenoxy) is 3. The van der Waals surface area contributed by atoms with Gasteiger partial charge >= 0.3 is 5.97 Å². The standard InChI is InChI=1S/C27H27NO5/c1-15(2)33-27(30)24-16(3)28-20-11-19(17-7-5-4-6-8-17)12-21(29)26(20)25(24)18-9-10-22-23(13-18)32-14-31-22/h4-10,13,15,19,24-25H,11-12,14H2,1-3H3/t19-,24?,25-/m0/s1. The van der Waals surface area contributed by atoms with Gasteiger partial charge in [0.1, 0.15) is 5.92 Å². The summed E-state index contributed by atoms with van der Waals surface area (Å²) in [5, 5.41) is 0. The smallest absolute Gasteiger partial charge is 0.315 e. The van der Waals surface area contributed by atoms with Crippen molar-refractivity contribution < 1.29 is 23.8 Å². The van der Waals surface area contributed by atoms with Gasteiger partial charge in [-0.05, 0) is 56.4 Å². The minimum atomic E-state index is -0.663. The normalized spacial score (nSPS) is 23.9. The van der Waals surface area contributed by atoms with E-state index >= 15 is 0 Å². The van der Waals surface area contributed by atoms with E-state index in [1.807, 2.05) is 57.2 Å². The Bertz CT molecular complexity index is 1160. The Morgan fingerprint density at radius 2 is 1.79 bits per heavy atom. The lowest BCUT2D eigenvalue weighted by Gasteiger charge is -2.36. The van der Waals surface area contributed by atoms with Crippen LogP contribution in [0.15, 0.2) is 64.8 Å². The highest BCUT2D eigenvalue weighted by Gasteiger charge is 2.45. The summed E-state index contributed by atoms with van der Waals surface area (Å²) >= 11 is 0. The van der Waals surface area contributed by atoms with Gasteiger partial charge in [0.2, 0.25) is 6.79 Å². The van der Waals surface area contributed by atoms with E-state index in [1.165, 1.54) is 0 Å². The lowest BCUT2D eigenvalue weighted by Crippen LogP contribution is -2.38. The van der Waals surface area contributed by atoms with Crippen LogP contribution in [0.5, 0.6) is 11.5 Å². The Morgan fingerprint density at radius 3 is 2.55 bits per heavy atom. The van der Waals surface area contributed by atoms with E-state index in [1.54, 1.807) is 0 Å². The molecular formula is C27H27NO5. The van der Waals surface area contributed by atoms with Crippen molar-refractivity contribution >= 4 is 17.5 Å². The van der Waals surface area contributed by atoms with Crippen LogP contribution in [0.4, 0.5) is 0 Å². The molecule has 1 unspecified atom stereocenters. The molecule has 170 valence electrons. The van der Waals surface area contributed by atoms with Crippen LogP contribution in [0, 0.1) is 5.92 Å². The van der Waals surface area contributed by atoms with Crippen LogP contribution >= 0.6 is 0 Å². The number of fused-ring (bicyclic) bond motifs is 1. The number of Topliss-reactive ketones (excluding diaryl/α,β-unsaturated/α-hetero) is 1. The third kappa shape index (κ3) is 3.94. The van der Waals surface area contributed by atoms with Crippen LogP contribution in [-0.4, -0.2) is 30.4 Å². The molecule has 0 N–H and O–H groups in total. The van der Waals surface area contributed by atoms with Crippen LogP contribution < -0.4 is 9.47 Å². The molecule has 0 spiro atoms. The minimum Gasteiger partial charge on any atom is -0.462 e. The highest BCUT2D eigenvalue weighted by atomic mass is 16.7. The van der Waals surface area contributed by atoms with Gasteiger partial charge in [-0.1, -0.05) is 36.4 Å². The first-order valence-electron chi connectivity index (χ1n) is 11.4. The zero-order valence-corrected chi connectivity index (χ0v) is 19.0. The van der Waals surface area contributed by atoms with Crippen molar-refractivity contribution in [3.8, 4) is 11.5 Å². The zero-order valence-electron chi connectivity index (χ0n) is 19.0. The molecule has 2 heterocycles. The number of nitrogens with zero attached hydrogens (tertiary/aromatic N) is 1. The first-order valence-corrected chi connectivity index (χ1v) is 11.4. The maximum absolute atomic E-state index is 13.6. The van der Waals surface area contributed by atoms with Crippen molar-refractivity contribution in [1.82, 2.24) is 0 Å². The van der Waals surface area contributed by atoms with Gasteiger partial charge in [-0.15, -0.1) is 0 Å². The van der Waals surface area contributed by atoms with Crippen molar-refractivity contribution in [1.29, 1.82) is 0 Å². The van der Waals surface area contributed by atoms with Gasteiger partial charge in [0.05, 0.1) is 6.10 Å². The van der Waals surface area contributed by atoms with Crippen molar-refractivity contribution in [2.75, 3.05) is 6.79 Å². The Hall–Kier alpha value is -3.41. The second-order valence-electron chi connectivity index (χ2n) is 9.11. The summed E-state index contributed by atoms with van der Waals surface area (Å²) in [6.45, 7) is 5.66. The maximum Gasteiger partial charge on any atom is 0.315 e. The van der Waals surface area contributed by atoms with Crippen molar-refractivity contribution in [2.45, 2.75) is 51.6 Å². The molecule has 2 aromatic rings. The Labute approximate surface area is 193 Å². The molecule has 0 bridgehead atoms. The Morgan fingerprint density at radius 1 is 1.03 bits per heavy atom. The molecule has 0 fully saturated rings. The Balaban J connectivity index is 1.60. The van der Waals surface area contributed by atoms with Crippen LogP contribution in [-0.2, 0) is 14.3 Å². The third-order valence-electron chi connectivity index (χ3n) is 6.52. The van der Waals surface area contributed by atoms with E-state index in [0.29, 0.717) is 35.6 Å². The summed E-state index contributed by atoms with van der Waals surface area (Å²) in [6.07, 6.45) is 0.794. The summed E-state index contributed by atoms with van der Waals surface area (Å²) in [7, 11) is 0. The number of aliphatic imine (C=N–C) groups is 1. The number of carbonyl (C=O) groups is 2. The molecule has 2 aliphatic heterocycles. The molecule has 2 aromatic carbocycles. The van der Waals surface area contributed by atoms with Crippen LogP contribution in [0.3, 0.4) is 0 Å². The molecule has 5 rings (SSSR count). The fourth-order valence-corrected chi connectivity index (χ4v) is 5.10.